The van der Waals surface area contributed by atoms with Crippen LogP contribution in [0.4, 0.5) is 4.79 Å². The maximum absolute atomic E-state index is 13.1. The number of carbonyl (C=O) groups is 3. The van der Waals surface area contributed by atoms with Crippen LogP contribution in [0.15, 0.2) is 24.3 Å². The summed E-state index contributed by atoms with van der Waals surface area (Å²) in [6, 6.07) is 8.31. The molecular weight excluding hydrogens is 390 g/mol. The Balaban J connectivity index is 1.26. The lowest BCUT2D eigenvalue weighted by Gasteiger charge is -2.37. The van der Waals surface area contributed by atoms with Gasteiger partial charge in [-0.2, -0.15) is 0 Å². The molecule has 2 saturated heterocycles. The fourth-order valence-corrected chi connectivity index (χ4v) is 5.47. The van der Waals surface area contributed by atoms with Gasteiger partial charge >= 0.3 is 6.03 Å². The zero-order valence-corrected chi connectivity index (χ0v) is 18.9. The van der Waals surface area contributed by atoms with Crippen molar-refractivity contribution >= 4 is 17.8 Å². The van der Waals surface area contributed by atoms with Gasteiger partial charge in [-0.15, -0.1) is 0 Å². The molecule has 4 rings (SSSR count). The number of hydrogen-bond acceptors (Lipinski definition) is 3. The van der Waals surface area contributed by atoms with Crippen LogP contribution in [0.25, 0.3) is 0 Å². The third kappa shape index (κ3) is 4.48. The Hall–Kier alpha value is -2.37. The molecule has 4 amide bonds. The maximum Gasteiger partial charge on any atom is 0.325 e. The molecule has 6 nitrogen and oxygen atoms in total. The van der Waals surface area contributed by atoms with Crippen LogP contribution < -0.4 is 5.32 Å². The molecule has 31 heavy (non-hydrogen) atoms. The number of carbonyl (C=O) groups excluding carboxylic acids is 3. The van der Waals surface area contributed by atoms with E-state index in [1.165, 1.54) is 11.1 Å². The molecule has 6 heteroatoms. The van der Waals surface area contributed by atoms with Gasteiger partial charge in [0.25, 0.3) is 5.91 Å². The number of nitrogens with zero attached hydrogens (tertiary/aromatic N) is 2. The number of imide groups is 1. The van der Waals surface area contributed by atoms with Crippen LogP contribution in [-0.2, 0) is 16.0 Å². The summed E-state index contributed by atoms with van der Waals surface area (Å²) in [5.74, 6) is 0.419. The van der Waals surface area contributed by atoms with Crippen LogP contribution in [0.3, 0.4) is 0 Å². The van der Waals surface area contributed by atoms with E-state index in [4.69, 9.17) is 0 Å². The molecule has 1 aromatic rings. The van der Waals surface area contributed by atoms with Crippen LogP contribution in [0.2, 0.25) is 0 Å². The van der Waals surface area contributed by atoms with E-state index in [-0.39, 0.29) is 24.3 Å². The molecule has 2 heterocycles. The second-order valence-corrected chi connectivity index (χ2v) is 9.79. The van der Waals surface area contributed by atoms with Crippen LogP contribution in [0, 0.1) is 18.8 Å². The topological polar surface area (TPSA) is 69.7 Å². The molecule has 0 radical (unpaired) electrons. The number of amides is 4. The van der Waals surface area contributed by atoms with E-state index in [2.05, 4.69) is 36.5 Å². The molecule has 3 aliphatic rings. The van der Waals surface area contributed by atoms with Crippen molar-refractivity contribution in [2.45, 2.75) is 70.8 Å². The normalized spacial score (nSPS) is 27.1. The highest BCUT2D eigenvalue weighted by Crippen LogP contribution is 2.38. The molecule has 0 bridgehead atoms. The van der Waals surface area contributed by atoms with Crippen molar-refractivity contribution in [1.82, 2.24) is 15.1 Å². The Morgan fingerprint density at radius 2 is 1.81 bits per heavy atom. The molecule has 2 aliphatic heterocycles. The summed E-state index contributed by atoms with van der Waals surface area (Å²) in [4.78, 5) is 41.5. The number of nitrogens with one attached hydrogen (secondary N) is 1. The van der Waals surface area contributed by atoms with E-state index in [9.17, 15) is 14.4 Å². The molecule has 1 aromatic carbocycles. The largest absolute Gasteiger partial charge is 0.341 e. The first-order chi connectivity index (χ1) is 14.9. The molecule has 3 fully saturated rings. The first kappa shape index (κ1) is 21.8. The molecule has 2 unspecified atom stereocenters. The predicted molar refractivity (Wildman–Crippen MR) is 119 cm³/mol. The molecule has 1 saturated carbocycles. The number of aryl methyl sites for hydroxylation is 2. The molecule has 1 N–H and O–H groups in total. The van der Waals surface area contributed by atoms with Gasteiger partial charge in [-0.3, -0.25) is 14.5 Å². The molecule has 0 aromatic heterocycles. The summed E-state index contributed by atoms with van der Waals surface area (Å²) in [6.45, 7) is 5.42. The van der Waals surface area contributed by atoms with Gasteiger partial charge in [0.05, 0.1) is 0 Å². The SMILES string of the molecule is Cc1ccc(CCC2CCN(C(=O)CN3C(=O)NC4(CCCCC4C)C3=O)CC2)cc1. The Bertz CT molecular complexity index is 829. The van der Waals surface area contributed by atoms with E-state index < -0.39 is 11.6 Å². The van der Waals surface area contributed by atoms with Crippen LogP contribution >= 0.6 is 0 Å². The Labute approximate surface area is 185 Å². The first-order valence-corrected chi connectivity index (χ1v) is 11.9. The van der Waals surface area contributed by atoms with E-state index >= 15 is 0 Å². The fraction of sp³-hybridized carbons (Fsp3) is 0.640. The Morgan fingerprint density at radius 3 is 2.48 bits per heavy atom. The summed E-state index contributed by atoms with van der Waals surface area (Å²) < 4.78 is 0. The molecular formula is C25H35N3O3. The van der Waals surface area contributed by atoms with Crippen LogP contribution in [0.5, 0.6) is 0 Å². The molecule has 168 valence electrons. The minimum atomic E-state index is -0.793. The average Bonchev–Trinajstić information content (AvgIpc) is 3.00. The standard InChI is InChI=1S/C25H35N3O3/c1-18-6-8-20(9-7-18)10-11-21-12-15-27(16-13-21)22(29)17-28-23(30)25(26-24(28)31)14-4-3-5-19(25)2/h6-9,19,21H,3-5,10-17H2,1-2H3,(H,26,31). The Morgan fingerprint density at radius 1 is 1.10 bits per heavy atom. The van der Waals surface area contributed by atoms with Crippen molar-refractivity contribution < 1.29 is 14.4 Å². The molecule has 1 spiro atoms. The summed E-state index contributed by atoms with van der Waals surface area (Å²) in [7, 11) is 0. The number of benzene rings is 1. The van der Waals surface area contributed by atoms with Crippen molar-refractivity contribution in [2.24, 2.45) is 11.8 Å². The summed E-state index contributed by atoms with van der Waals surface area (Å²) in [5.41, 5.74) is 1.86. The summed E-state index contributed by atoms with van der Waals surface area (Å²) in [6.07, 6.45) is 7.81. The van der Waals surface area contributed by atoms with Crippen molar-refractivity contribution in [3.05, 3.63) is 35.4 Å². The quantitative estimate of drug-likeness (QED) is 0.732. The van der Waals surface area contributed by atoms with Gasteiger partial charge in [0.15, 0.2) is 0 Å². The third-order valence-corrected chi connectivity index (χ3v) is 7.72. The van der Waals surface area contributed by atoms with E-state index in [1.807, 2.05) is 11.8 Å². The second-order valence-electron chi connectivity index (χ2n) is 9.79. The number of rotatable bonds is 5. The van der Waals surface area contributed by atoms with Gasteiger partial charge in [0.1, 0.15) is 12.1 Å². The fourth-order valence-electron chi connectivity index (χ4n) is 5.47. The van der Waals surface area contributed by atoms with E-state index in [0.717, 1.165) is 49.8 Å². The average molecular weight is 426 g/mol. The lowest BCUT2D eigenvalue weighted by atomic mass is 9.73. The number of likely N-dealkylation sites (tertiary alicyclic amines) is 1. The zero-order valence-electron chi connectivity index (χ0n) is 18.9. The van der Waals surface area contributed by atoms with Crippen molar-refractivity contribution in [3.8, 4) is 0 Å². The minimum absolute atomic E-state index is 0.110. The lowest BCUT2D eigenvalue weighted by molar-refractivity contribution is -0.141. The van der Waals surface area contributed by atoms with Gasteiger partial charge in [0.2, 0.25) is 5.91 Å². The highest BCUT2D eigenvalue weighted by atomic mass is 16.2. The monoisotopic (exact) mass is 425 g/mol. The van der Waals surface area contributed by atoms with Gasteiger partial charge in [-0.05, 0) is 62.8 Å². The highest BCUT2D eigenvalue weighted by Gasteiger charge is 2.55. The van der Waals surface area contributed by atoms with Crippen LogP contribution in [-0.4, -0.2) is 52.8 Å². The smallest absolute Gasteiger partial charge is 0.325 e. The van der Waals surface area contributed by atoms with Crippen molar-refractivity contribution in [3.63, 3.8) is 0 Å². The number of hydrogen-bond donors (Lipinski definition) is 1. The first-order valence-electron chi connectivity index (χ1n) is 11.9. The van der Waals surface area contributed by atoms with Gasteiger partial charge < -0.3 is 10.2 Å². The van der Waals surface area contributed by atoms with Gasteiger partial charge in [-0.25, -0.2) is 4.79 Å². The Kier molecular flexibility index (Phi) is 6.35. The molecule has 1 aliphatic carbocycles. The predicted octanol–water partition coefficient (Wildman–Crippen LogP) is 3.67. The third-order valence-electron chi connectivity index (χ3n) is 7.72. The van der Waals surface area contributed by atoms with E-state index in [0.29, 0.717) is 25.4 Å². The van der Waals surface area contributed by atoms with Gasteiger partial charge in [-0.1, -0.05) is 49.6 Å². The van der Waals surface area contributed by atoms with Crippen molar-refractivity contribution in [1.29, 1.82) is 0 Å². The molecule has 2 atom stereocenters. The van der Waals surface area contributed by atoms with Gasteiger partial charge in [0, 0.05) is 13.1 Å². The zero-order chi connectivity index (χ0) is 22.0. The number of urea groups is 1. The maximum atomic E-state index is 13.1. The van der Waals surface area contributed by atoms with E-state index in [1.54, 1.807) is 0 Å². The van der Waals surface area contributed by atoms with Crippen molar-refractivity contribution in [2.75, 3.05) is 19.6 Å². The van der Waals surface area contributed by atoms with Crippen LogP contribution in [0.1, 0.15) is 63.0 Å². The highest BCUT2D eigenvalue weighted by molar-refractivity contribution is 6.09. The number of piperidine rings is 1. The lowest BCUT2D eigenvalue weighted by Crippen LogP contribution is -2.54. The minimum Gasteiger partial charge on any atom is -0.341 e. The second kappa shape index (κ2) is 9.01. The summed E-state index contributed by atoms with van der Waals surface area (Å²) in [5, 5.41) is 2.94. The summed E-state index contributed by atoms with van der Waals surface area (Å²) >= 11 is 0.